The minimum Gasteiger partial charge on any atom is -0.497 e. The predicted molar refractivity (Wildman–Crippen MR) is 84.9 cm³/mol. The Hall–Kier alpha value is -2.04. The largest absolute Gasteiger partial charge is 0.497 e. The molecule has 120 valence electrons. The molecular weight excluding hydrogens is 280 g/mol. The van der Waals surface area contributed by atoms with Gasteiger partial charge in [-0.3, -0.25) is 9.59 Å². The van der Waals surface area contributed by atoms with Gasteiger partial charge >= 0.3 is 0 Å². The molecule has 2 rings (SSSR count). The van der Waals surface area contributed by atoms with Gasteiger partial charge in [0.1, 0.15) is 5.75 Å². The van der Waals surface area contributed by atoms with Gasteiger partial charge in [0, 0.05) is 38.2 Å². The Labute approximate surface area is 131 Å². The first-order valence-electron chi connectivity index (χ1n) is 7.72. The number of rotatable bonds is 4. The number of methoxy groups -OCH3 is 1. The number of amides is 2. The van der Waals surface area contributed by atoms with Gasteiger partial charge < -0.3 is 14.5 Å². The Kier molecular flexibility index (Phi) is 5.41. The Bertz CT molecular complexity index is 517. The highest BCUT2D eigenvalue weighted by atomic mass is 16.5. The summed E-state index contributed by atoms with van der Waals surface area (Å²) in [5.41, 5.74) is 0.655. The van der Waals surface area contributed by atoms with E-state index in [1.165, 1.54) is 0 Å². The maximum atomic E-state index is 12.4. The third-order valence-corrected chi connectivity index (χ3v) is 3.84. The monoisotopic (exact) mass is 304 g/mol. The number of nitrogens with zero attached hydrogens (tertiary/aromatic N) is 2. The molecule has 0 bridgehead atoms. The van der Waals surface area contributed by atoms with E-state index in [1.807, 2.05) is 18.7 Å². The van der Waals surface area contributed by atoms with Gasteiger partial charge in [-0.25, -0.2) is 0 Å². The summed E-state index contributed by atoms with van der Waals surface area (Å²) in [7, 11) is 1.60. The highest BCUT2D eigenvalue weighted by molar-refractivity contribution is 5.94. The molecule has 0 atom stereocenters. The summed E-state index contributed by atoms with van der Waals surface area (Å²) in [5.74, 6) is 1.30. The molecule has 0 N–H and O–H groups in total. The molecule has 1 heterocycles. The van der Waals surface area contributed by atoms with Crippen LogP contribution in [0.2, 0.25) is 0 Å². The first-order valence-corrected chi connectivity index (χ1v) is 7.72. The number of hydrogen-bond donors (Lipinski definition) is 0. The second kappa shape index (κ2) is 7.29. The molecule has 1 fully saturated rings. The summed E-state index contributed by atoms with van der Waals surface area (Å²) in [6, 6.07) is 7.13. The van der Waals surface area contributed by atoms with Gasteiger partial charge in [0.25, 0.3) is 5.91 Å². The van der Waals surface area contributed by atoms with Crippen LogP contribution in [0.25, 0.3) is 0 Å². The van der Waals surface area contributed by atoms with Gasteiger partial charge in [-0.1, -0.05) is 13.8 Å². The Morgan fingerprint density at radius 1 is 1.05 bits per heavy atom. The third-order valence-electron chi connectivity index (χ3n) is 3.84. The molecule has 2 amide bonds. The van der Waals surface area contributed by atoms with Crippen LogP contribution in [0.3, 0.4) is 0 Å². The van der Waals surface area contributed by atoms with Crippen LogP contribution in [0.5, 0.6) is 5.75 Å². The fourth-order valence-corrected chi connectivity index (χ4v) is 2.55. The van der Waals surface area contributed by atoms with Crippen molar-refractivity contribution in [2.75, 3.05) is 33.3 Å². The van der Waals surface area contributed by atoms with Crippen molar-refractivity contribution in [3.05, 3.63) is 29.8 Å². The summed E-state index contributed by atoms with van der Waals surface area (Å²) in [5, 5.41) is 0. The summed E-state index contributed by atoms with van der Waals surface area (Å²) in [6.07, 6.45) is 0.576. The van der Waals surface area contributed by atoms with Crippen molar-refractivity contribution in [2.45, 2.75) is 20.3 Å². The highest BCUT2D eigenvalue weighted by Gasteiger charge is 2.24. The van der Waals surface area contributed by atoms with Gasteiger partial charge in [-0.15, -0.1) is 0 Å². The number of ether oxygens (including phenoxy) is 1. The topological polar surface area (TPSA) is 49.9 Å². The van der Waals surface area contributed by atoms with Gasteiger partial charge in [0.15, 0.2) is 0 Å². The van der Waals surface area contributed by atoms with Crippen LogP contribution < -0.4 is 4.74 Å². The molecule has 0 aromatic heterocycles. The number of benzene rings is 1. The lowest BCUT2D eigenvalue weighted by Crippen LogP contribution is -2.50. The van der Waals surface area contributed by atoms with E-state index in [0.717, 1.165) is 5.75 Å². The van der Waals surface area contributed by atoms with Crippen molar-refractivity contribution >= 4 is 11.8 Å². The molecule has 1 aromatic rings. The van der Waals surface area contributed by atoms with E-state index in [9.17, 15) is 9.59 Å². The van der Waals surface area contributed by atoms with E-state index < -0.39 is 0 Å². The lowest BCUT2D eigenvalue weighted by Gasteiger charge is -2.35. The lowest BCUT2D eigenvalue weighted by molar-refractivity contribution is -0.133. The van der Waals surface area contributed by atoms with Gasteiger partial charge in [0.05, 0.1) is 7.11 Å². The number of carbonyl (C=O) groups is 2. The zero-order valence-corrected chi connectivity index (χ0v) is 13.5. The molecular formula is C17H24N2O3. The van der Waals surface area contributed by atoms with Crippen LogP contribution in [0.4, 0.5) is 0 Å². The molecule has 0 spiro atoms. The number of piperazine rings is 1. The van der Waals surface area contributed by atoms with Crippen LogP contribution >= 0.6 is 0 Å². The standard InChI is InChI=1S/C17H24N2O3/c1-13(2)12-16(20)18-8-10-19(11-9-18)17(21)14-4-6-15(22-3)7-5-14/h4-7,13H,8-12H2,1-3H3. The summed E-state index contributed by atoms with van der Waals surface area (Å²) >= 11 is 0. The predicted octanol–water partition coefficient (Wildman–Crippen LogP) is 2.03. The fraction of sp³-hybridized carbons (Fsp3) is 0.529. The maximum Gasteiger partial charge on any atom is 0.253 e. The number of hydrogen-bond acceptors (Lipinski definition) is 3. The maximum absolute atomic E-state index is 12.4. The molecule has 5 heteroatoms. The van der Waals surface area contributed by atoms with Gasteiger partial charge in [0.2, 0.25) is 5.91 Å². The van der Waals surface area contributed by atoms with E-state index in [1.54, 1.807) is 36.3 Å². The van der Waals surface area contributed by atoms with E-state index in [0.29, 0.717) is 44.1 Å². The van der Waals surface area contributed by atoms with Crippen molar-refractivity contribution in [3.63, 3.8) is 0 Å². The van der Waals surface area contributed by atoms with E-state index in [-0.39, 0.29) is 11.8 Å². The van der Waals surface area contributed by atoms with Crippen LogP contribution in [-0.4, -0.2) is 54.9 Å². The van der Waals surface area contributed by atoms with Crippen LogP contribution in [-0.2, 0) is 4.79 Å². The summed E-state index contributed by atoms with van der Waals surface area (Å²) in [6.45, 7) is 6.51. The quantitative estimate of drug-likeness (QED) is 0.855. The summed E-state index contributed by atoms with van der Waals surface area (Å²) < 4.78 is 5.10. The first kappa shape index (κ1) is 16.3. The molecule has 0 unspecified atom stereocenters. The summed E-state index contributed by atoms with van der Waals surface area (Å²) in [4.78, 5) is 28.1. The lowest BCUT2D eigenvalue weighted by atomic mass is 10.1. The molecule has 5 nitrogen and oxygen atoms in total. The molecule has 0 radical (unpaired) electrons. The Morgan fingerprint density at radius 3 is 2.09 bits per heavy atom. The van der Waals surface area contributed by atoms with Crippen molar-refractivity contribution in [1.82, 2.24) is 9.80 Å². The number of carbonyl (C=O) groups excluding carboxylic acids is 2. The van der Waals surface area contributed by atoms with Crippen molar-refractivity contribution in [2.24, 2.45) is 5.92 Å². The molecule has 1 aliphatic heterocycles. The van der Waals surface area contributed by atoms with Crippen LogP contribution in [0, 0.1) is 5.92 Å². The van der Waals surface area contributed by atoms with Gasteiger partial charge in [-0.05, 0) is 30.2 Å². The molecule has 1 aliphatic rings. The second-order valence-electron chi connectivity index (χ2n) is 6.00. The van der Waals surface area contributed by atoms with E-state index in [4.69, 9.17) is 4.74 Å². The zero-order chi connectivity index (χ0) is 16.1. The van der Waals surface area contributed by atoms with Crippen LogP contribution in [0.1, 0.15) is 30.6 Å². The van der Waals surface area contributed by atoms with Crippen molar-refractivity contribution in [3.8, 4) is 5.75 Å². The minimum absolute atomic E-state index is 0.0126. The van der Waals surface area contributed by atoms with E-state index >= 15 is 0 Å². The SMILES string of the molecule is COc1ccc(C(=O)N2CCN(C(=O)CC(C)C)CC2)cc1. The van der Waals surface area contributed by atoms with Crippen molar-refractivity contribution < 1.29 is 14.3 Å². The normalized spacial score (nSPS) is 15.1. The molecule has 0 aliphatic carbocycles. The molecule has 1 saturated heterocycles. The van der Waals surface area contributed by atoms with Gasteiger partial charge in [-0.2, -0.15) is 0 Å². The highest BCUT2D eigenvalue weighted by Crippen LogP contribution is 2.15. The third kappa shape index (κ3) is 4.00. The Balaban J connectivity index is 1.90. The molecule has 22 heavy (non-hydrogen) atoms. The van der Waals surface area contributed by atoms with Crippen molar-refractivity contribution in [1.29, 1.82) is 0 Å². The average Bonchev–Trinajstić information content (AvgIpc) is 2.54. The van der Waals surface area contributed by atoms with Crippen LogP contribution in [0.15, 0.2) is 24.3 Å². The second-order valence-corrected chi connectivity index (χ2v) is 6.00. The fourth-order valence-electron chi connectivity index (χ4n) is 2.55. The van der Waals surface area contributed by atoms with E-state index in [2.05, 4.69) is 0 Å². The Morgan fingerprint density at radius 2 is 1.59 bits per heavy atom. The molecule has 0 saturated carbocycles. The average molecular weight is 304 g/mol. The smallest absolute Gasteiger partial charge is 0.253 e. The minimum atomic E-state index is 0.0126. The zero-order valence-electron chi connectivity index (χ0n) is 13.5. The first-order chi connectivity index (χ1) is 10.5. The molecule has 1 aromatic carbocycles.